The maximum absolute atomic E-state index is 11.8. The summed E-state index contributed by atoms with van der Waals surface area (Å²) in [6.07, 6.45) is 1.25. The molecule has 1 N–H and O–H groups in total. The van der Waals surface area contributed by atoms with Crippen molar-refractivity contribution in [3.05, 3.63) is 23.8 Å². The number of methoxy groups -OCH3 is 1. The lowest BCUT2D eigenvalue weighted by Gasteiger charge is -2.29. The number of hydrogen-bond donors (Lipinski definition) is 1. The molecular formula is C13H15NO4. The number of carboxylic acid groups (broad SMARTS) is 1. The highest BCUT2D eigenvalue weighted by molar-refractivity contribution is 6.03. The molecule has 5 heteroatoms. The first-order valence-electron chi connectivity index (χ1n) is 5.81. The Hall–Kier alpha value is -2.04. The zero-order chi connectivity index (χ0) is 13.1. The third-order valence-electron chi connectivity index (χ3n) is 3.01. The number of carbonyl (C=O) groups is 2. The molecule has 1 aliphatic heterocycles. The molecule has 0 fully saturated rings. The zero-order valence-corrected chi connectivity index (χ0v) is 10.2. The third kappa shape index (κ3) is 2.45. The van der Waals surface area contributed by atoms with Crippen LogP contribution in [0.5, 0.6) is 5.75 Å². The number of amides is 1. The molecule has 0 aromatic heterocycles. The highest BCUT2D eigenvalue weighted by Gasteiger charge is 2.24. The number of ether oxygens (including phenoxy) is 1. The maximum Gasteiger partial charge on any atom is 0.312 e. The fourth-order valence-corrected chi connectivity index (χ4v) is 2.18. The van der Waals surface area contributed by atoms with Crippen molar-refractivity contribution in [2.24, 2.45) is 0 Å². The molecule has 1 heterocycles. The molecule has 0 saturated carbocycles. The van der Waals surface area contributed by atoms with Gasteiger partial charge in [-0.15, -0.1) is 0 Å². The number of carboxylic acids is 1. The van der Waals surface area contributed by atoms with Crippen molar-refractivity contribution in [1.29, 1.82) is 0 Å². The second-order valence-electron chi connectivity index (χ2n) is 4.21. The van der Waals surface area contributed by atoms with Crippen LogP contribution in [0.25, 0.3) is 0 Å². The largest absolute Gasteiger partial charge is 0.497 e. The van der Waals surface area contributed by atoms with E-state index in [1.165, 1.54) is 0 Å². The van der Waals surface area contributed by atoms with Gasteiger partial charge >= 0.3 is 5.97 Å². The lowest BCUT2D eigenvalue weighted by Crippen LogP contribution is -2.36. The molecule has 0 spiro atoms. The molecule has 18 heavy (non-hydrogen) atoms. The van der Waals surface area contributed by atoms with E-state index in [9.17, 15) is 9.59 Å². The van der Waals surface area contributed by atoms with E-state index in [1.807, 2.05) is 12.1 Å². The number of fused-ring (bicyclic) bond motifs is 1. The highest BCUT2D eigenvalue weighted by atomic mass is 16.5. The van der Waals surface area contributed by atoms with Gasteiger partial charge in [0.15, 0.2) is 0 Å². The molecule has 0 aliphatic carbocycles. The summed E-state index contributed by atoms with van der Waals surface area (Å²) in [6.45, 7) is 0.575. The van der Waals surface area contributed by atoms with E-state index in [0.717, 1.165) is 29.8 Å². The van der Waals surface area contributed by atoms with Crippen LogP contribution >= 0.6 is 0 Å². The Morgan fingerprint density at radius 1 is 1.44 bits per heavy atom. The van der Waals surface area contributed by atoms with E-state index in [4.69, 9.17) is 9.84 Å². The van der Waals surface area contributed by atoms with Crippen molar-refractivity contribution in [2.75, 3.05) is 18.6 Å². The molecule has 96 valence electrons. The highest BCUT2D eigenvalue weighted by Crippen LogP contribution is 2.30. The van der Waals surface area contributed by atoms with Crippen LogP contribution in [0, 0.1) is 0 Å². The van der Waals surface area contributed by atoms with Crippen molar-refractivity contribution < 1.29 is 19.4 Å². The number of anilines is 1. The molecule has 1 aromatic carbocycles. The molecule has 5 nitrogen and oxygen atoms in total. The minimum atomic E-state index is -1.10. The minimum Gasteiger partial charge on any atom is -0.497 e. The monoisotopic (exact) mass is 249 g/mol. The maximum atomic E-state index is 11.8. The standard InChI is InChI=1S/C13H15NO4/c1-18-10-4-5-11-9(7-10)3-2-6-14(11)12(15)8-13(16)17/h4-5,7H,2-3,6,8H2,1H3,(H,16,17). The normalized spacial score (nSPS) is 13.9. The Balaban J connectivity index is 2.27. The van der Waals surface area contributed by atoms with Gasteiger partial charge in [0.05, 0.1) is 7.11 Å². The lowest BCUT2D eigenvalue weighted by atomic mass is 10.0. The van der Waals surface area contributed by atoms with Crippen LogP contribution in [0.2, 0.25) is 0 Å². The van der Waals surface area contributed by atoms with Gasteiger partial charge in [-0.25, -0.2) is 0 Å². The van der Waals surface area contributed by atoms with Crippen LogP contribution < -0.4 is 9.64 Å². The van der Waals surface area contributed by atoms with E-state index < -0.39 is 12.4 Å². The van der Waals surface area contributed by atoms with E-state index in [1.54, 1.807) is 18.1 Å². The van der Waals surface area contributed by atoms with E-state index in [0.29, 0.717) is 6.54 Å². The molecule has 0 unspecified atom stereocenters. The Kier molecular flexibility index (Phi) is 3.50. The molecule has 0 bridgehead atoms. The van der Waals surface area contributed by atoms with Gasteiger partial charge in [-0.2, -0.15) is 0 Å². The molecule has 2 rings (SSSR count). The fraction of sp³-hybridized carbons (Fsp3) is 0.385. The Bertz CT molecular complexity index is 484. The van der Waals surface area contributed by atoms with Gasteiger partial charge in [-0.05, 0) is 36.6 Å². The molecule has 0 saturated heterocycles. The van der Waals surface area contributed by atoms with Crippen molar-refractivity contribution in [3.63, 3.8) is 0 Å². The summed E-state index contributed by atoms with van der Waals surface area (Å²) in [6, 6.07) is 5.49. The third-order valence-corrected chi connectivity index (χ3v) is 3.01. The van der Waals surface area contributed by atoms with E-state index in [-0.39, 0.29) is 5.91 Å². The minimum absolute atomic E-state index is 0.367. The predicted molar refractivity (Wildman–Crippen MR) is 65.9 cm³/mol. The first-order valence-corrected chi connectivity index (χ1v) is 5.81. The number of aliphatic carboxylic acids is 1. The van der Waals surface area contributed by atoms with Gasteiger partial charge in [0.25, 0.3) is 0 Å². The molecule has 0 atom stereocenters. The topological polar surface area (TPSA) is 66.8 Å². The van der Waals surface area contributed by atoms with Gasteiger partial charge in [-0.1, -0.05) is 0 Å². The lowest BCUT2D eigenvalue weighted by molar-refractivity contribution is -0.140. The van der Waals surface area contributed by atoms with Crippen molar-refractivity contribution in [3.8, 4) is 5.75 Å². The van der Waals surface area contributed by atoms with Crippen molar-refractivity contribution in [2.45, 2.75) is 19.3 Å². The Labute approximate surface area is 105 Å². The van der Waals surface area contributed by atoms with Gasteiger partial charge < -0.3 is 14.7 Å². The smallest absolute Gasteiger partial charge is 0.312 e. The van der Waals surface area contributed by atoms with Gasteiger partial charge in [0, 0.05) is 12.2 Å². The molecule has 1 aromatic rings. The van der Waals surface area contributed by atoms with Crippen LogP contribution in [-0.2, 0) is 16.0 Å². The number of benzene rings is 1. The second kappa shape index (κ2) is 5.08. The van der Waals surface area contributed by atoms with Crippen LogP contribution in [0.1, 0.15) is 18.4 Å². The average molecular weight is 249 g/mol. The van der Waals surface area contributed by atoms with E-state index in [2.05, 4.69) is 0 Å². The summed E-state index contributed by atoms with van der Waals surface area (Å²) in [7, 11) is 1.60. The first-order chi connectivity index (χ1) is 8.61. The second-order valence-corrected chi connectivity index (χ2v) is 4.21. The van der Waals surface area contributed by atoms with Gasteiger partial charge in [0.1, 0.15) is 12.2 Å². The predicted octanol–water partition coefficient (Wildman–Crippen LogP) is 1.45. The quantitative estimate of drug-likeness (QED) is 0.823. The summed E-state index contributed by atoms with van der Waals surface area (Å²) >= 11 is 0. The summed E-state index contributed by atoms with van der Waals surface area (Å²) in [4.78, 5) is 24.0. The molecule has 1 aliphatic rings. The Morgan fingerprint density at radius 3 is 2.89 bits per heavy atom. The van der Waals surface area contributed by atoms with Crippen LogP contribution in [-0.4, -0.2) is 30.6 Å². The van der Waals surface area contributed by atoms with Crippen LogP contribution in [0.3, 0.4) is 0 Å². The first kappa shape index (κ1) is 12.4. The van der Waals surface area contributed by atoms with Crippen molar-refractivity contribution >= 4 is 17.6 Å². The number of aryl methyl sites for hydroxylation is 1. The van der Waals surface area contributed by atoms with Gasteiger partial charge in [-0.3, -0.25) is 9.59 Å². The number of rotatable bonds is 3. The molecule has 1 amide bonds. The fourth-order valence-electron chi connectivity index (χ4n) is 2.18. The van der Waals surface area contributed by atoms with Gasteiger partial charge in [0.2, 0.25) is 5.91 Å². The molecular weight excluding hydrogens is 234 g/mol. The SMILES string of the molecule is COc1ccc2c(c1)CCCN2C(=O)CC(=O)O. The summed E-state index contributed by atoms with van der Waals surface area (Å²) in [5.74, 6) is -0.712. The summed E-state index contributed by atoms with van der Waals surface area (Å²) in [5, 5.41) is 8.68. The average Bonchev–Trinajstić information content (AvgIpc) is 2.36. The van der Waals surface area contributed by atoms with E-state index >= 15 is 0 Å². The summed E-state index contributed by atoms with van der Waals surface area (Å²) < 4.78 is 5.14. The Morgan fingerprint density at radius 2 is 2.22 bits per heavy atom. The van der Waals surface area contributed by atoms with Crippen LogP contribution in [0.15, 0.2) is 18.2 Å². The van der Waals surface area contributed by atoms with Crippen molar-refractivity contribution in [1.82, 2.24) is 0 Å². The zero-order valence-electron chi connectivity index (χ0n) is 10.2. The summed E-state index contributed by atoms with van der Waals surface area (Å²) in [5.41, 5.74) is 1.83. The number of hydrogen-bond acceptors (Lipinski definition) is 3. The van der Waals surface area contributed by atoms with Crippen LogP contribution in [0.4, 0.5) is 5.69 Å². The number of carbonyl (C=O) groups excluding carboxylic acids is 1. The number of nitrogens with zero attached hydrogens (tertiary/aromatic N) is 1. The molecule has 0 radical (unpaired) electrons.